The van der Waals surface area contributed by atoms with Crippen LogP contribution in [0.3, 0.4) is 0 Å². The molecule has 0 unspecified atom stereocenters. The van der Waals surface area contributed by atoms with E-state index in [1.807, 2.05) is 12.1 Å². The van der Waals surface area contributed by atoms with Crippen molar-refractivity contribution in [3.63, 3.8) is 0 Å². The Morgan fingerprint density at radius 3 is 2.76 bits per heavy atom. The summed E-state index contributed by atoms with van der Waals surface area (Å²) >= 11 is 5.83. The van der Waals surface area contributed by atoms with Gasteiger partial charge in [-0.05, 0) is 47.5 Å². The van der Waals surface area contributed by atoms with Crippen molar-refractivity contribution in [1.29, 1.82) is 0 Å². The first-order chi connectivity index (χ1) is 14.0. The highest BCUT2D eigenvalue weighted by Gasteiger charge is 2.18. The highest BCUT2D eigenvalue weighted by molar-refractivity contribution is 6.30. The Morgan fingerprint density at radius 1 is 1.10 bits per heavy atom. The van der Waals surface area contributed by atoms with Gasteiger partial charge in [0.1, 0.15) is 5.82 Å². The summed E-state index contributed by atoms with van der Waals surface area (Å²) in [5.74, 6) is -0.445. The molecule has 0 saturated carbocycles. The minimum atomic E-state index is -0.445. The van der Waals surface area contributed by atoms with Crippen molar-refractivity contribution >= 4 is 22.5 Å². The molecule has 0 saturated heterocycles. The van der Waals surface area contributed by atoms with Crippen LogP contribution in [0, 0.1) is 5.82 Å². The Balaban J connectivity index is 1.60. The lowest BCUT2D eigenvalue weighted by Gasteiger charge is -2.14. The summed E-state index contributed by atoms with van der Waals surface area (Å²) in [6.07, 6.45) is 2.69. The van der Waals surface area contributed by atoms with Crippen LogP contribution < -0.4 is 10.9 Å². The van der Waals surface area contributed by atoms with Crippen molar-refractivity contribution in [2.45, 2.75) is 13.0 Å². The van der Waals surface area contributed by atoms with Gasteiger partial charge in [-0.3, -0.25) is 9.36 Å². The molecule has 2 aromatic heterocycles. The minimum Gasteiger partial charge on any atom is -0.347 e. The van der Waals surface area contributed by atoms with Crippen molar-refractivity contribution in [1.82, 2.24) is 14.5 Å². The zero-order valence-electron chi connectivity index (χ0n) is 15.9. The lowest BCUT2D eigenvalue weighted by atomic mass is 10.1. The van der Waals surface area contributed by atoms with Crippen molar-refractivity contribution in [2.24, 2.45) is 7.05 Å². The molecular weight excluding hydrogens is 389 g/mol. The number of hydrogen-bond acceptors (Lipinski definition) is 2. The number of fused-ring (bicyclic) bond motifs is 3. The predicted octanol–water partition coefficient (Wildman–Crippen LogP) is 4.43. The molecule has 0 amide bonds. The van der Waals surface area contributed by atoms with E-state index in [1.165, 1.54) is 28.8 Å². The summed E-state index contributed by atoms with van der Waals surface area (Å²) in [6.45, 7) is 1.85. The van der Waals surface area contributed by atoms with E-state index in [0.29, 0.717) is 16.1 Å². The van der Waals surface area contributed by atoms with E-state index in [-0.39, 0.29) is 5.56 Å². The number of nitrogens with zero attached hydrogens (tertiary/aromatic N) is 2. The van der Waals surface area contributed by atoms with Crippen LogP contribution in [0.25, 0.3) is 27.7 Å². The molecule has 2 aromatic carbocycles. The molecule has 3 heterocycles. The van der Waals surface area contributed by atoms with Crippen LogP contribution in [0.2, 0.25) is 5.02 Å². The van der Waals surface area contributed by atoms with Gasteiger partial charge >= 0.3 is 0 Å². The van der Waals surface area contributed by atoms with E-state index < -0.39 is 5.82 Å². The van der Waals surface area contributed by atoms with Gasteiger partial charge in [0.05, 0.1) is 11.2 Å². The third-order valence-electron chi connectivity index (χ3n) is 5.70. The molecule has 0 spiro atoms. The van der Waals surface area contributed by atoms with Crippen LogP contribution in [-0.2, 0) is 20.0 Å². The number of pyridine rings is 1. The zero-order valence-corrected chi connectivity index (χ0v) is 16.6. The first kappa shape index (κ1) is 18.2. The van der Waals surface area contributed by atoms with Crippen molar-refractivity contribution < 1.29 is 4.39 Å². The Bertz CT molecular complexity index is 1320. The second kappa shape index (κ2) is 6.87. The maximum absolute atomic E-state index is 14.2. The highest BCUT2D eigenvalue weighted by Crippen LogP contribution is 2.29. The third-order valence-corrected chi connectivity index (χ3v) is 5.94. The molecule has 0 aliphatic carbocycles. The number of halogens is 2. The summed E-state index contributed by atoms with van der Waals surface area (Å²) in [4.78, 5) is 12.8. The lowest BCUT2D eigenvalue weighted by molar-refractivity contribution is 0.622. The molecule has 1 N–H and O–H groups in total. The molecule has 0 radical (unpaired) electrons. The van der Waals surface area contributed by atoms with Crippen molar-refractivity contribution in [3.05, 3.63) is 87.2 Å². The van der Waals surface area contributed by atoms with Crippen LogP contribution in [0.1, 0.15) is 11.3 Å². The summed E-state index contributed by atoms with van der Waals surface area (Å²) in [7, 11) is 2.07. The van der Waals surface area contributed by atoms with E-state index in [4.69, 9.17) is 11.6 Å². The number of nitrogens with one attached hydrogen (secondary N) is 1. The van der Waals surface area contributed by atoms with Gasteiger partial charge in [-0.2, -0.15) is 0 Å². The van der Waals surface area contributed by atoms with Crippen LogP contribution in [0.5, 0.6) is 0 Å². The number of aryl methyl sites for hydroxylation is 1. The average Bonchev–Trinajstić information content (AvgIpc) is 3.00. The molecule has 29 heavy (non-hydrogen) atoms. The number of benzene rings is 2. The van der Waals surface area contributed by atoms with Crippen LogP contribution in [0.4, 0.5) is 4.39 Å². The monoisotopic (exact) mass is 407 g/mol. The molecule has 1 aliphatic heterocycles. The number of hydrogen-bond donors (Lipinski definition) is 1. The summed E-state index contributed by atoms with van der Waals surface area (Å²) < 4.78 is 18.0. The fourth-order valence-electron chi connectivity index (χ4n) is 4.23. The van der Waals surface area contributed by atoms with Gasteiger partial charge in [0, 0.05) is 60.5 Å². The molecule has 4 aromatic rings. The lowest BCUT2D eigenvalue weighted by Crippen LogP contribution is -2.24. The topological polar surface area (TPSA) is 39.0 Å². The van der Waals surface area contributed by atoms with Gasteiger partial charge < -0.3 is 9.88 Å². The standard InChI is InChI=1S/C23H19ClFN3O/c1-27-21-6-8-26-13-19(21)18-5-3-16(12-22(18)27)28-9-7-14(10-23(28)29)17-4-2-15(24)11-20(17)25/h2-5,7,9-12,26H,6,8,13H2,1H3. The van der Waals surface area contributed by atoms with Gasteiger partial charge in [-0.15, -0.1) is 0 Å². The first-order valence-corrected chi connectivity index (χ1v) is 9.90. The molecule has 5 rings (SSSR count). The Hall–Kier alpha value is -2.89. The second-order valence-electron chi connectivity index (χ2n) is 7.36. The van der Waals surface area contributed by atoms with Crippen LogP contribution in [0.15, 0.2) is 59.5 Å². The van der Waals surface area contributed by atoms with E-state index in [0.717, 1.165) is 30.7 Å². The van der Waals surface area contributed by atoms with E-state index in [9.17, 15) is 9.18 Å². The maximum Gasteiger partial charge on any atom is 0.255 e. The predicted molar refractivity (Wildman–Crippen MR) is 114 cm³/mol. The molecule has 4 nitrogen and oxygen atoms in total. The van der Waals surface area contributed by atoms with Crippen LogP contribution >= 0.6 is 11.6 Å². The average molecular weight is 408 g/mol. The second-order valence-corrected chi connectivity index (χ2v) is 7.80. The molecule has 0 fully saturated rings. The number of aromatic nitrogens is 2. The Morgan fingerprint density at radius 2 is 1.97 bits per heavy atom. The smallest absolute Gasteiger partial charge is 0.255 e. The molecule has 146 valence electrons. The SMILES string of the molecule is Cn1c2c(c3ccc(-n4ccc(-c5ccc(Cl)cc5F)cc4=O)cc31)CNCC2. The largest absolute Gasteiger partial charge is 0.347 e. The van der Waals surface area contributed by atoms with E-state index >= 15 is 0 Å². The Labute approximate surface area is 172 Å². The highest BCUT2D eigenvalue weighted by atomic mass is 35.5. The zero-order chi connectivity index (χ0) is 20.1. The van der Waals surface area contributed by atoms with Crippen molar-refractivity contribution in [3.8, 4) is 16.8 Å². The first-order valence-electron chi connectivity index (χ1n) is 9.52. The normalized spacial score (nSPS) is 13.6. The van der Waals surface area contributed by atoms with Gasteiger partial charge in [-0.25, -0.2) is 4.39 Å². The van der Waals surface area contributed by atoms with Gasteiger partial charge in [0.25, 0.3) is 5.56 Å². The van der Waals surface area contributed by atoms with E-state index in [2.05, 4.69) is 23.0 Å². The van der Waals surface area contributed by atoms with E-state index in [1.54, 1.807) is 29.0 Å². The maximum atomic E-state index is 14.2. The molecule has 1 aliphatic rings. The fourth-order valence-corrected chi connectivity index (χ4v) is 4.38. The fraction of sp³-hybridized carbons (Fsp3) is 0.174. The summed E-state index contributed by atoms with van der Waals surface area (Å²) in [5, 5.41) is 4.97. The number of rotatable bonds is 2. The minimum absolute atomic E-state index is 0.211. The molecule has 0 bridgehead atoms. The quantitative estimate of drug-likeness (QED) is 0.533. The third kappa shape index (κ3) is 2.98. The van der Waals surface area contributed by atoms with Gasteiger partial charge in [-0.1, -0.05) is 17.7 Å². The van der Waals surface area contributed by atoms with Gasteiger partial charge in [0.2, 0.25) is 0 Å². The molecule has 6 heteroatoms. The summed E-state index contributed by atoms with van der Waals surface area (Å²) in [5.41, 5.74) is 5.25. The van der Waals surface area contributed by atoms with Gasteiger partial charge in [0.15, 0.2) is 0 Å². The summed E-state index contributed by atoms with van der Waals surface area (Å²) in [6, 6.07) is 13.7. The molecular formula is C23H19ClFN3O. The molecule has 0 atom stereocenters. The van der Waals surface area contributed by atoms with Crippen molar-refractivity contribution in [2.75, 3.05) is 6.54 Å². The van der Waals surface area contributed by atoms with Crippen LogP contribution in [-0.4, -0.2) is 15.7 Å². The Kier molecular flexibility index (Phi) is 4.30.